The molecule has 0 aliphatic heterocycles. The third kappa shape index (κ3) is 4.64. The SMILES string of the molecule is Cc1ccc(SCC(=O)Nc2ccccc2C(C)C)cc1. The molecule has 0 atom stereocenters. The molecule has 21 heavy (non-hydrogen) atoms. The zero-order chi connectivity index (χ0) is 15.2. The first-order chi connectivity index (χ1) is 10.1. The Kier molecular flexibility index (Phi) is 5.45. The Labute approximate surface area is 131 Å². The van der Waals surface area contributed by atoms with Crippen LogP contribution in [0.3, 0.4) is 0 Å². The van der Waals surface area contributed by atoms with Crippen LogP contribution in [0.2, 0.25) is 0 Å². The van der Waals surface area contributed by atoms with Crippen LogP contribution in [0.5, 0.6) is 0 Å². The Morgan fingerprint density at radius 2 is 1.76 bits per heavy atom. The van der Waals surface area contributed by atoms with E-state index in [-0.39, 0.29) is 5.91 Å². The number of aryl methyl sites for hydroxylation is 1. The number of para-hydroxylation sites is 1. The third-order valence-electron chi connectivity index (χ3n) is 3.25. The van der Waals surface area contributed by atoms with Gasteiger partial charge in [-0.15, -0.1) is 11.8 Å². The molecule has 0 aliphatic rings. The van der Waals surface area contributed by atoms with E-state index in [9.17, 15) is 4.79 Å². The number of hydrogen-bond donors (Lipinski definition) is 1. The van der Waals surface area contributed by atoms with E-state index in [0.717, 1.165) is 10.6 Å². The summed E-state index contributed by atoms with van der Waals surface area (Å²) in [7, 11) is 0. The Bertz CT molecular complexity index is 605. The summed E-state index contributed by atoms with van der Waals surface area (Å²) in [5.41, 5.74) is 3.32. The molecule has 0 aromatic heterocycles. The average molecular weight is 299 g/mol. The monoisotopic (exact) mass is 299 g/mol. The van der Waals surface area contributed by atoms with Gasteiger partial charge in [-0.3, -0.25) is 4.79 Å². The molecule has 0 radical (unpaired) electrons. The van der Waals surface area contributed by atoms with Crippen LogP contribution >= 0.6 is 11.8 Å². The molecule has 110 valence electrons. The normalized spacial score (nSPS) is 10.7. The zero-order valence-electron chi connectivity index (χ0n) is 12.7. The number of nitrogens with one attached hydrogen (secondary N) is 1. The lowest BCUT2D eigenvalue weighted by Crippen LogP contribution is -2.15. The van der Waals surface area contributed by atoms with E-state index in [0.29, 0.717) is 11.7 Å². The summed E-state index contributed by atoms with van der Waals surface area (Å²) in [6.45, 7) is 6.32. The van der Waals surface area contributed by atoms with E-state index in [4.69, 9.17) is 0 Å². The highest BCUT2D eigenvalue weighted by molar-refractivity contribution is 8.00. The van der Waals surface area contributed by atoms with Crippen molar-refractivity contribution in [3.8, 4) is 0 Å². The molecule has 2 nitrogen and oxygen atoms in total. The lowest BCUT2D eigenvalue weighted by atomic mass is 10.0. The topological polar surface area (TPSA) is 29.1 Å². The van der Waals surface area contributed by atoms with E-state index in [2.05, 4.69) is 56.4 Å². The van der Waals surface area contributed by atoms with Crippen molar-refractivity contribution >= 4 is 23.4 Å². The van der Waals surface area contributed by atoms with Gasteiger partial charge in [0, 0.05) is 10.6 Å². The predicted molar refractivity (Wildman–Crippen MR) is 91.1 cm³/mol. The number of rotatable bonds is 5. The van der Waals surface area contributed by atoms with E-state index < -0.39 is 0 Å². The van der Waals surface area contributed by atoms with E-state index in [1.165, 1.54) is 11.1 Å². The van der Waals surface area contributed by atoms with Gasteiger partial charge in [0.15, 0.2) is 0 Å². The van der Waals surface area contributed by atoms with Crippen molar-refractivity contribution in [1.82, 2.24) is 0 Å². The molecule has 0 spiro atoms. The third-order valence-corrected chi connectivity index (χ3v) is 4.26. The molecule has 0 heterocycles. The van der Waals surface area contributed by atoms with Gasteiger partial charge in [-0.1, -0.05) is 49.7 Å². The number of anilines is 1. The molecule has 1 amide bonds. The van der Waals surface area contributed by atoms with Gasteiger partial charge in [-0.25, -0.2) is 0 Å². The largest absolute Gasteiger partial charge is 0.325 e. The van der Waals surface area contributed by atoms with Crippen molar-refractivity contribution in [2.24, 2.45) is 0 Å². The first-order valence-corrected chi connectivity index (χ1v) is 8.13. The van der Waals surface area contributed by atoms with Crippen LogP contribution in [0.1, 0.15) is 30.9 Å². The zero-order valence-corrected chi connectivity index (χ0v) is 13.5. The van der Waals surface area contributed by atoms with Crippen LogP contribution in [0.15, 0.2) is 53.4 Å². The Morgan fingerprint density at radius 1 is 1.10 bits per heavy atom. The standard InChI is InChI=1S/C18H21NOS/c1-13(2)16-6-4-5-7-17(16)19-18(20)12-21-15-10-8-14(3)9-11-15/h4-11,13H,12H2,1-3H3,(H,19,20). The summed E-state index contributed by atoms with van der Waals surface area (Å²) in [5, 5.41) is 3.01. The second kappa shape index (κ2) is 7.32. The smallest absolute Gasteiger partial charge is 0.234 e. The Hall–Kier alpha value is -1.74. The summed E-state index contributed by atoms with van der Waals surface area (Å²) < 4.78 is 0. The van der Waals surface area contributed by atoms with Crippen molar-refractivity contribution in [1.29, 1.82) is 0 Å². The van der Waals surface area contributed by atoms with Crippen LogP contribution in [-0.2, 0) is 4.79 Å². The van der Waals surface area contributed by atoms with Crippen molar-refractivity contribution in [2.75, 3.05) is 11.1 Å². The first-order valence-electron chi connectivity index (χ1n) is 7.14. The number of amides is 1. The minimum absolute atomic E-state index is 0.0358. The first kappa shape index (κ1) is 15.6. The second-order valence-electron chi connectivity index (χ2n) is 5.39. The predicted octanol–water partition coefficient (Wildman–Crippen LogP) is 4.85. The maximum atomic E-state index is 12.1. The lowest BCUT2D eigenvalue weighted by Gasteiger charge is -2.13. The summed E-state index contributed by atoms with van der Waals surface area (Å²) in [6, 6.07) is 16.2. The van der Waals surface area contributed by atoms with Gasteiger partial charge >= 0.3 is 0 Å². The molecule has 0 fully saturated rings. The quantitative estimate of drug-likeness (QED) is 0.800. The van der Waals surface area contributed by atoms with Gasteiger partial charge in [0.25, 0.3) is 0 Å². The average Bonchev–Trinajstić information content (AvgIpc) is 2.47. The van der Waals surface area contributed by atoms with Crippen molar-refractivity contribution in [2.45, 2.75) is 31.6 Å². The van der Waals surface area contributed by atoms with Crippen LogP contribution in [-0.4, -0.2) is 11.7 Å². The number of benzene rings is 2. The van der Waals surface area contributed by atoms with Gasteiger partial charge in [-0.2, -0.15) is 0 Å². The summed E-state index contributed by atoms with van der Waals surface area (Å²) in [5.74, 6) is 0.857. The second-order valence-corrected chi connectivity index (χ2v) is 6.44. The molecule has 2 aromatic rings. The highest BCUT2D eigenvalue weighted by Crippen LogP contribution is 2.24. The number of carbonyl (C=O) groups is 1. The number of hydrogen-bond acceptors (Lipinski definition) is 2. The van der Waals surface area contributed by atoms with Crippen LogP contribution in [0.4, 0.5) is 5.69 Å². The maximum absolute atomic E-state index is 12.1. The van der Waals surface area contributed by atoms with Gasteiger partial charge < -0.3 is 5.32 Å². The molecular formula is C18H21NOS. The highest BCUT2D eigenvalue weighted by atomic mass is 32.2. The van der Waals surface area contributed by atoms with Gasteiger partial charge in [0.2, 0.25) is 5.91 Å². The molecule has 3 heteroatoms. The molecule has 0 unspecified atom stereocenters. The fraction of sp³-hybridized carbons (Fsp3) is 0.278. The summed E-state index contributed by atoms with van der Waals surface area (Å²) >= 11 is 1.56. The minimum atomic E-state index is 0.0358. The van der Waals surface area contributed by atoms with Crippen LogP contribution in [0.25, 0.3) is 0 Å². The highest BCUT2D eigenvalue weighted by Gasteiger charge is 2.09. The fourth-order valence-corrected chi connectivity index (χ4v) is 2.78. The number of thioether (sulfide) groups is 1. The lowest BCUT2D eigenvalue weighted by molar-refractivity contribution is -0.113. The molecule has 0 aliphatic carbocycles. The van der Waals surface area contributed by atoms with Crippen LogP contribution < -0.4 is 5.32 Å². The van der Waals surface area contributed by atoms with Gasteiger partial charge in [-0.05, 0) is 36.6 Å². The van der Waals surface area contributed by atoms with E-state index >= 15 is 0 Å². The van der Waals surface area contributed by atoms with Crippen molar-refractivity contribution in [3.05, 3.63) is 59.7 Å². The summed E-state index contributed by atoms with van der Waals surface area (Å²) in [4.78, 5) is 13.2. The van der Waals surface area contributed by atoms with Gasteiger partial charge in [0.1, 0.15) is 0 Å². The Balaban J connectivity index is 1.94. The maximum Gasteiger partial charge on any atom is 0.234 e. The molecule has 0 bridgehead atoms. The molecular weight excluding hydrogens is 278 g/mol. The molecule has 0 saturated heterocycles. The fourth-order valence-electron chi connectivity index (χ4n) is 2.08. The van der Waals surface area contributed by atoms with E-state index in [1.54, 1.807) is 11.8 Å². The van der Waals surface area contributed by atoms with Crippen molar-refractivity contribution in [3.63, 3.8) is 0 Å². The number of carbonyl (C=O) groups excluding carboxylic acids is 1. The minimum Gasteiger partial charge on any atom is -0.325 e. The van der Waals surface area contributed by atoms with Crippen molar-refractivity contribution < 1.29 is 4.79 Å². The van der Waals surface area contributed by atoms with Crippen LogP contribution in [0, 0.1) is 6.92 Å². The van der Waals surface area contributed by atoms with E-state index in [1.807, 2.05) is 18.2 Å². The summed E-state index contributed by atoms with van der Waals surface area (Å²) in [6.07, 6.45) is 0. The van der Waals surface area contributed by atoms with Gasteiger partial charge in [0.05, 0.1) is 5.75 Å². The molecule has 2 rings (SSSR count). The molecule has 0 saturated carbocycles. The molecule has 2 aromatic carbocycles. The molecule has 1 N–H and O–H groups in total. The Morgan fingerprint density at radius 3 is 2.43 bits per heavy atom.